The lowest BCUT2D eigenvalue weighted by molar-refractivity contribution is -0.155. The molecule has 0 radical (unpaired) electrons. The Hall–Kier alpha value is -4.98. The van der Waals surface area contributed by atoms with Gasteiger partial charge in [-0.2, -0.15) is 0 Å². The lowest BCUT2D eigenvalue weighted by Gasteiger charge is -2.20. The van der Waals surface area contributed by atoms with E-state index in [-0.39, 0.29) is 13.2 Å². The molecule has 0 unspecified atom stereocenters. The number of benzene rings is 4. The minimum atomic E-state index is -1.31. The van der Waals surface area contributed by atoms with Crippen LogP contribution in [0.25, 0.3) is 10.8 Å². The Morgan fingerprint density at radius 1 is 0.675 bits per heavy atom. The second kappa shape index (κ2) is 13.7. The molecular weight excluding hydrogens is 508 g/mol. The minimum Gasteiger partial charge on any atom is -0.461 e. The summed E-state index contributed by atoms with van der Waals surface area (Å²) in [7, 11) is 0. The highest BCUT2D eigenvalue weighted by Crippen LogP contribution is 2.18. The Kier molecular flexibility index (Phi) is 9.61. The van der Waals surface area contributed by atoms with Crippen molar-refractivity contribution in [2.75, 3.05) is 0 Å². The topological polar surface area (TPSA) is 111 Å². The number of carbonyl (C=O) groups is 4. The van der Waals surface area contributed by atoms with E-state index in [9.17, 15) is 19.2 Å². The Morgan fingerprint density at radius 3 is 1.93 bits per heavy atom. The maximum absolute atomic E-state index is 13.0. The van der Waals surface area contributed by atoms with E-state index in [2.05, 4.69) is 10.6 Å². The van der Waals surface area contributed by atoms with Crippen molar-refractivity contribution in [1.82, 2.24) is 10.6 Å². The van der Waals surface area contributed by atoms with Crippen molar-refractivity contribution >= 4 is 34.5 Å². The van der Waals surface area contributed by atoms with E-state index in [1.165, 1.54) is 6.92 Å². The van der Waals surface area contributed by atoms with Crippen molar-refractivity contribution < 1.29 is 28.7 Å². The first-order chi connectivity index (χ1) is 19.4. The highest BCUT2D eigenvalue weighted by molar-refractivity contribution is 6.08. The van der Waals surface area contributed by atoms with E-state index in [0.717, 1.165) is 21.9 Å². The van der Waals surface area contributed by atoms with Gasteiger partial charge in [0.15, 0.2) is 0 Å². The molecule has 0 aliphatic carbocycles. The van der Waals surface area contributed by atoms with Crippen molar-refractivity contribution in [3.05, 3.63) is 120 Å². The summed E-state index contributed by atoms with van der Waals surface area (Å²) in [5.74, 6) is -2.56. The quantitative estimate of drug-likeness (QED) is 0.275. The molecule has 4 rings (SSSR count). The van der Waals surface area contributed by atoms with Crippen LogP contribution in [-0.4, -0.2) is 35.8 Å². The molecule has 0 aromatic heterocycles. The van der Waals surface area contributed by atoms with Crippen LogP contribution in [0.3, 0.4) is 0 Å². The number of fused-ring (bicyclic) bond motifs is 1. The number of ether oxygens (including phenoxy) is 2. The summed E-state index contributed by atoms with van der Waals surface area (Å²) < 4.78 is 10.7. The molecule has 2 atom stereocenters. The first-order valence-corrected chi connectivity index (χ1v) is 12.9. The van der Waals surface area contributed by atoms with Crippen LogP contribution in [0.1, 0.15) is 34.8 Å². The van der Waals surface area contributed by atoms with E-state index >= 15 is 0 Å². The summed E-state index contributed by atoms with van der Waals surface area (Å²) >= 11 is 0. The molecule has 4 aromatic rings. The van der Waals surface area contributed by atoms with Gasteiger partial charge in [0, 0.05) is 5.56 Å². The molecule has 0 aliphatic rings. The smallest absolute Gasteiger partial charge is 0.329 e. The highest BCUT2D eigenvalue weighted by Gasteiger charge is 2.29. The van der Waals surface area contributed by atoms with Gasteiger partial charge in [-0.1, -0.05) is 97.1 Å². The largest absolute Gasteiger partial charge is 0.461 e. The molecule has 0 spiro atoms. The first-order valence-electron chi connectivity index (χ1n) is 12.9. The van der Waals surface area contributed by atoms with Crippen LogP contribution in [0.2, 0.25) is 0 Å². The van der Waals surface area contributed by atoms with E-state index in [0.29, 0.717) is 5.56 Å². The van der Waals surface area contributed by atoms with Gasteiger partial charge in [0.25, 0.3) is 5.91 Å². The maximum Gasteiger partial charge on any atom is 0.329 e. The van der Waals surface area contributed by atoms with Gasteiger partial charge in [0.2, 0.25) is 5.91 Å². The van der Waals surface area contributed by atoms with Gasteiger partial charge >= 0.3 is 11.9 Å². The summed E-state index contributed by atoms with van der Waals surface area (Å²) in [6, 6.07) is 28.6. The SMILES string of the molecule is C[C@H](NC(=O)c1cccc2ccccc12)C(=O)N[C@@H](CC(=O)OCc1ccccc1)C(=O)OCc1ccccc1. The summed E-state index contributed by atoms with van der Waals surface area (Å²) in [6.07, 6.45) is -0.434. The van der Waals surface area contributed by atoms with E-state index < -0.39 is 42.3 Å². The fourth-order valence-electron chi connectivity index (χ4n) is 4.05. The number of amides is 2. The Bertz CT molecular complexity index is 1470. The van der Waals surface area contributed by atoms with Crippen LogP contribution >= 0.6 is 0 Å². The van der Waals surface area contributed by atoms with Crippen LogP contribution in [0.5, 0.6) is 0 Å². The van der Waals surface area contributed by atoms with Crippen molar-refractivity contribution in [3.63, 3.8) is 0 Å². The predicted octanol–water partition coefficient (Wildman–Crippen LogP) is 4.32. The summed E-state index contributed by atoms with van der Waals surface area (Å²) in [5.41, 5.74) is 1.96. The third kappa shape index (κ3) is 7.77. The second-order valence-corrected chi connectivity index (χ2v) is 9.23. The van der Waals surface area contributed by atoms with Gasteiger partial charge in [-0.15, -0.1) is 0 Å². The molecule has 40 heavy (non-hydrogen) atoms. The van der Waals surface area contributed by atoms with Crippen molar-refractivity contribution in [3.8, 4) is 0 Å². The number of hydrogen-bond donors (Lipinski definition) is 2. The molecule has 8 nitrogen and oxygen atoms in total. The van der Waals surface area contributed by atoms with E-state index in [4.69, 9.17) is 9.47 Å². The third-order valence-corrected chi connectivity index (χ3v) is 6.21. The van der Waals surface area contributed by atoms with Crippen LogP contribution in [-0.2, 0) is 37.1 Å². The zero-order valence-electron chi connectivity index (χ0n) is 22.0. The molecule has 204 valence electrons. The maximum atomic E-state index is 13.0. The molecule has 2 N–H and O–H groups in total. The average Bonchev–Trinajstić information content (AvgIpc) is 2.99. The zero-order valence-corrected chi connectivity index (χ0v) is 22.0. The standard InChI is InChI=1S/C32H30N2O6/c1-22(33-31(37)27-18-10-16-25-15-8-9-17-26(25)27)30(36)34-28(32(38)40-21-24-13-6-3-7-14-24)19-29(35)39-20-23-11-4-2-5-12-23/h2-18,22,28H,19-21H2,1H3,(H,33,37)(H,34,36)/t22-,28-/m0/s1. The van der Waals surface area contributed by atoms with Crippen LogP contribution in [0.15, 0.2) is 103 Å². The zero-order chi connectivity index (χ0) is 28.3. The van der Waals surface area contributed by atoms with Crippen molar-refractivity contribution in [2.45, 2.75) is 38.6 Å². The number of carbonyl (C=O) groups excluding carboxylic acids is 4. The third-order valence-electron chi connectivity index (χ3n) is 6.21. The van der Waals surface area contributed by atoms with E-state index in [1.807, 2.05) is 66.7 Å². The van der Waals surface area contributed by atoms with Crippen molar-refractivity contribution in [2.24, 2.45) is 0 Å². The fourth-order valence-corrected chi connectivity index (χ4v) is 4.05. The number of esters is 2. The number of hydrogen-bond acceptors (Lipinski definition) is 6. The summed E-state index contributed by atoms with van der Waals surface area (Å²) in [5, 5.41) is 6.86. The number of nitrogens with one attached hydrogen (secondary N) is 2. The van der Waals surface area contributed by atoms with Gasteiger partial charge in [-0.05, 0) is 34.9 Å². The van der Waals surface area contributed by atoms with Gasteiger partial charge in [-0.3, -0.25) is 14.4 Å². The van der Waals surface area contributed by atoms with Gasteiger partial charge < -0.3 is 20.1 Å². The first kappa shape index (κ1) is 28.0. The Balaban J connectivity index is 1.40. The fraction of sp³-hybridized carbons (Fsp3) is 0.188. The molecule has 0 saturated heterocycles. The Labute approximate surface area is 232 Å². The lowest BCUT2D eigenvalue weighted by Crippen LogP contribution is -2.51. The molecule has 0 heterocycles. The molecule has 8 heteroatoms. The predicted molar refractivity (Wildman–Crippen MR) is 150 cm³/mol. The molecule has 0 saturated carbocycles. The molecule has 2 amide bonds. The van der Waals surface area contributed by atoms with E-state index in [1.54, 1.807) is 36.4 Å². The minimum absolute atomic E-state index is 0.0247. The highest BCUT2D eigenvalue weighted by atomic mass is 16.5. The lowest BCUT2D eigenvalue weighted by atomic mass is 10.0. The monoisotopic (exact) mass is 538 g/mol. The van der Waals surface area contributed by atoms with Gasteiger partial charge in [-0.25, -0.2) is 4.79 Å². The van der Waals surface area contributed by atoms with Crippen LogP contribution < -0.4 is 10.6 Å². The van der Waals surface area contributed by atoms with Crippen LogP contribution in [0.4, 0.5) is 0 Å². The van der Waals surface area contributed by atoms with Gasteiger partial charge in [0.1, 0.15) is 25.3 Å². The van der Waals surface area contributed by atoms with Crippen molar-refractivity contribution in [1.29, 1.82) is 0 Å². The summed E-state index contributed by atoms with van der Waals surface area (Å²) in [6.45, 7) is 1.49. The van der Waals surface area contributed by atoms with Gasteiger partial charge in [0.05, 0.1) is 6.42 Å². The normalized spacial score (nSPS) is 12.1. The van der Waals surface area contributed by atoms with Crippen LogP contribution in [0, 0.1) is 0 Å². The molecule has 0 bridgehead atoms. The average molecular weight is 539 g/mol. The Morgan fingerprint density at radius 2 is 1.25 bits per heavy atom. The molecule has 4 aromatic carbocycles. The second-order valence-electron chi connectivity index (χ2n) is 9.23. The number of rotatable bonds is 11. The molecule has 0 fully saturated rings. The molecular formula is C32H30N2O6. The summed E-state index contributed by atoms with van der Waals surface area (Å²) in [4.78, 5) is 51.6. The molecule has 0 aliphatic heterocycles.